The maximum atomic E-state index is 11.8. The van der Waals surface area contributed by atoms with E-state index in [-0.39, 0.29) is 11.9 Å². The molecule has 0 aliphatic carbocycles. The molecule has 1 saturated heterocycles. The summed E-state index contributed by atoms with van der Waals surface area (Å²) in [5, 5.41) is 9.83. The number of benzene rings is 1. The summed E-state index contributed by atoms with van der Waals surface area (Å²) in [7, 11) is 0. The summed E-state index contributed by atoms with van der Waals surface area (Å²) in [6.07, 6.45) is 3.84. The lowest BCUT2D eigenvalue weighted by Crippen LogP contribution is -2.39. The summed E-state index contributed by atoms with van der Waals surface area (Å²) in [5.74, 6) is -0.0134. The molecule has 0 aromatic heterocycles. The van der Waals surface area contributed by atoms with Gasteiger partial charge in [0.15, 0.2) is 0 Å². The average molecular weight is 275 g/mol. The first kappa shape index (κ1) is 14.9. The molecule has 1 atom stereocenters. The van der Waals surface area contributed by atoms with Crippen molar-refractivity contribution < 1.29 is 4.79 Å². The van der Waals surface area contributed by atoms with Crippen molar-refractivity contribution in [3.05, 3.63) is 29.8 Å². The number of rotatable bonds is 5. The lowest BCUT2D eigenvalue weighted by atomic mass is 10.1. The van der Waals surface area contributed by atoms with E-state index in [2.05, 4.69) is 16.0 Å². The fourth-order valence-corrected chi connectivity index (χ4v) is 2.42. The van der Waals surface area contributed by atoms with Crippen LogP contribution >= 0.6 is 0 Å². The number of anilines is 1. The van der Waals surface area contributed by atoms with Gasteiger partial charge in [-0.1, -0.05) is 6.42 Å². The molecule has 4 heteroatoms. The van der Waals surface area contributed by atoms with Crippen LogP contribution < -0.4 is 16.0 Å². The molecule has 2 rings (SSSR count). The Morgan fingerprint density at radius 1 is 1.30 bits per heavy atom. The molecule has 1 fully saturated rings. The predicted octanol–water partition coefficient (Wildman–Crippen LogP) is 2.38. The predicted molar refractivity (Wildman–Crippen MR) is 83.2 cm³/mol. The van der Waals surface area contributed by atoms with E-state index in [1.54, 1.807) is 0 Å². The van der Waals surface area contributed by atoms with Gasteiger partial charge in [0.05, 0.1) is 0 Å². The Morgan fingerprint density at radius 3 is 2.65 bits per heavy atom. The number of piperidine rings is 1. The first-order chi connectivity index (χ1) is 9.65. The minimum Gasteiger partial charge on any atom is -0.383 e. The second kappa shape index (κ2) is 7.29. The molecule has 1 aliphatic heterocycles. The first-order valence-corrected chi connectivity index (χ1v) is 7.53. The zero-order valence-electron chi connectivity index (χ0n) is 12.4. The molecule has 0 saturated carbocycles. The number of carbonyl (C=O) groups excluding carboxylic acids is 1. The minimum atomic E-state index is -0.0134. The first-order valence-electron chi connectivity index (χ1n) is 7.53. The van der Waals surface area contributed by atoms with E-state index in [1.165, 1.54) is 19.3 Å². The molecule has 110 valence electrons. The van der Waals surface area contributed by atoms with Crippen LogP contribution in [0.25, 0.3) is 0 Å². The average Bonchev–Trinajstić information content (AvgIpc) is 2.46. The molecule has 0 spiro atoms. The second-order valence-electron chi connectivity index (χ2n) is 5.73. The van der Waals surface area contributed by atoms with Crippen LogP contribution in [0.2, 0.25) is 0 Å². The van der Waals surface area contributed by atoms with E-state index in [9.17, 15) is 4.79 Å². The maximum absolute atomic E-state index is 11.8. The Balaban J connectivity index is 1.83. The number of nitrogens with one attached hydrogen (secondary N) is 3. The van der Waals surface area contributed by atoms with E-state index in [1.807, 2.05) is 38.1 Å². The summed E-state index contributed by atoms with van der Waals surface area (Å²) in [6, 6.07) is 8.41. The van der Waals surface area contributed by atoms with Crippen molar-refractivity contribution in [3.8, 4) is 0 Å². The van der Waals surface area contributed by atoms with E-state index < -0.39 is 0 Å². The van der Waals surface area contributed by atoms with Crippen molar-refractivity contribution in [2.75, 3.05) is 18.4 Å². The molecule has 20 heavy (non-hydrogen) atoms. The van der Waals surface area contributed by atoms with E-state index >= 15 is 0 Å². The van der Waals surface area contributed by atoms with Crippen molar-refractivity contribution in [2.45, 2.75) is 45.2 Å². The van der Waals surface area contributed by atoms with Crippen molar-refractivity contribution in [3.63, 3.8) is 0 Å². The maximum Gasteiger partial charge on any atom is 0.251 e. The lowest BCUT2D eigenvalue weighted by Gasteiger charge is -2.24. The van der Waals surface area contributed by atoms with Crippen LogP contribution in [0, 0.1) is 0 Å². The van der Waals surface area contributed by atoms with Crippen LogP contribution in [-0.4, -0.2) is 31.1 Å². The Morgan fingerprint density at radius 2 is 2.05 bits per heavy atom. The van der Waals surface area contributed by atoms with Crippen LogP contribution in [0.3, 0.4) is 0 Å². The largest absolute Gasteiger partial charge is 0.383 e. The SMILES string of the molecule is CC(C)NC(=O)c1ccc(NCC2CCCCN2)cc1. The molecule has 1 unspecified atom stereocenters. The number of carbonyl (C=O) groups is 1. The Labute approximate surface area is 121 Å². The molecule has 0 bridgehead atoms. The van der Waals surface area contributed by atoms with Crippen molar-refractivity contribution in [1.29, 1.82) is 0 Å². The molecule has 1 aromatic rings. The zero-order chi connectivity index (χ0) is 14.4. The van der Waals surface area contributed by atoms with Crippen LogP contribution in [0.4, 0.5) is 5.69 Å². The summed E-state index contributed by atoms with van der Waals surface area (Å²) in [5.41, 5.74) is 1.78. The van der Waals surface area contributed by atoms with Gasteiger partial charge in [0, 0.05) is 29.9 Å². The van der Waals surface area contributed by atoms with Crippen molar-refractivity contribution in [1.82, 2.24) is 10.6 Å². The van der Waals surface area contributed by atoms with E-state index in [4.69, 9.17) is 0 Å². The molecule has 1 aliphatic rings. The molecule has 3 N–H and O–H groups in total. The van der Waals surface area contributed by atoms with Gasteiger partial charge < -0.3 is 16.0 Å². The lowest BCUT2D eigenvalue weighted by molar-refractivity contribution is 0.0943. The highest BCUT2D eigenvalue weighted by Gasteiger charge is 2.12. The Hall–Kier alpha value is -1.55. The highest BCUT2D eigenvalue weighted by Crippen LogP contribution is 2.12. The van der Waals surface area contributed by atoms with Gasteiger partial charge in [-0.15, -0.1) is 0 Å². The fraction of sp³-hybridized carbons (Fsp3) is 0.562. The van der Waals surface area contributed by atoms with E-state index in [0.29, 0.717) is 11.6 Å². The summed E-state index contributed by atoms with van der Waals surface area (Å²) in [4.78, 5) is 11.8. The van der Waals surface area contributed by atoms with Crippen LogP contribution in [0.15, 0.2) is 24.3 Å². The highest BCUT2D eigenvalue weighted by molar-refractivity contribution is 5.94. The smallest absolute Gasteiger partial charge is 0.251 e. The normalized spacial score (nSPS) is 18.9. The second-order valence-corrected chi connectivity index (χ2v) is 5.73. The van der Waals surface area contributed by atoms with Gasteiger partial charge in [-0.2, -0.15) is 0 Å². The summed E-state index contributed by atoms with van der Waals surface area (Å²) >= 11 is 0. The number of hydrogen-bond donors (Lipinski definition) is 3. The topological polar surface area (TPSA) is 53.2 Å². The molecule has 0 radical (unpaired) electrons. The van der Waals surface area contributed by atoms with Crippen molar-refractivity contribution in [2.24, 2.45) is 0 Å². The number of amides is 1. The van der Waals surface area contributed by atoms with Gasteiger partial charge in [0.1, 0.15) is 0 Å². The van der Waals surface area contributed by atoms with Crippen LogP contribution in [-0.2, 0) is 0 Å². The molecular formula is C16H25N3O. The number of hydrogen-bond acceptors (Lipinski definition) is 3. The van der Waals surface area contributed by atoms with Crippen LogP contribution in [0.5, 0.6) is 0 Å². The van der Waals surface area contributed by atoms with Gasteiger partial charge in [0.25, 0.3) is 5.91 Å². The monoisotopic (exact) mass is 275 g/mol. The standard InChI is InChI=1S/C16H25N3O/c1-12(2)19-16(20)13-6-8-14(9-7-13)18-11-15-5-3-4-10-17-15/h6-9,12,15,17-18H,3-5,10-11H2,1-2H3,(H,19,20). The van der Waals surface area contributed by atoms with Crippen LogP contribution in [0.1, 0.15) is 43.5 Å². The van der Waals surface area contributed by atoms with Gasteiger partial charge in [-0.3, -0.25) is 4.79 Å². The van der Waals surface area contributed by atoms with E-state index in [0.717, 1.165) is 18.8 Å². The van der Waals surface area contributed by atoms with Crippen molar-refractivity contribution >= 4 is 11.6 Å². The van der Waals surface area contributed by atoms with Gasteiger partial charge in [0.2, 0.25) is 0 Å². The molecule has 1 aromatic carbocycles. The quantitative estimate of drug-likeness (QED) is 0.773. The third-order valence-electron chi connectivity index (χ3n) is 3.53. The van der Waals surface area contributed by atoms with Gasteiger partial charge >= 0.3 is 0 Å². The molecule has 4 nitrogen and oxygen atoms in total. The Kier molecular flexibility index (Phi) is 5.41. The third kappa shape index (κ3) is 4.53. The minimum absolute atomic E-state index is 0.0134. The fourth-order valence-electron chi connectivity index (χ4n) is 2.42. The third-order valence-corrected chi connectivity index (χ3v) is 3.53. The zero-order valence-corrected chi connectivity index (χ0v) is 12.4. The molecule has 1 amide bonds. The molecular weight excluding hydrogens is 250 g/mol. The Bertz CT molecular complexity index is 422. The summed E-state index contributed by atoms with van der Waals surface area (Å²) < 4.78 is 0. The highest BCUT2D eigenvalue weighted by atomic mass is 16.1. The summed E-state index contributed by atoms with van der Waals surface area (Å²) in [6.45, 7) is 5.99. The van der Waals surface area contributed by atoms with Gasteiger partial charge in [-0.25, -0.2) is 0 Å². The molecule has 1 heterocycles. The van der Waals surface area contributed by atoms with Gasteiger partial charge in [-0.05, 0) is 57.5 Å².